The third kappa shape index (κ3) is 9.77. The number of sulfonamides is 1. The first-order chi connectivity index (χ1) is 7.97. The van der Waals surface area contributed by atoms with Gasteiger partial charge in [0.05, 0.1) is 17.1 Å². The summed E-state index contributed by atoms with van der Waals surface area (Å²) in [4.78, 5) is 0. The first-order valence-corrected chi connectivity index (χ1v) is 9.05. The minimum Gasteiger partial charge on any atom is -0.389 e. The maximum Gasteiger partial charge on any atom is 0.212 e. The highest BCUT2D eigenvalue weighted by Crippen LogP contribution is 2.08. The van der Waals surface area contributed by atoms with E-state index in [2.05, 4.69) is 4.72 Å². The molecule has 110 valence electrons. The smallest absolute Gasteiger partial charge is 0.212 e. The van der Waals surface area contributed by atoms with Crippen molar-refractivity contribution in [1.82, 2.24) is 4.72 Å². The molecule has 2 N–H and O–H groups in total. The molecule has 9 heteroatoms. The molecular formula is C9H21NO6S2. The van der Waals surface area contributed by atoms with Crippen molar-refractivity contribution in [2.45, 2.75) is 18.9 Å². The molecule has 0 aliphatic rings. The maximum absolute atomic E-state index is 11.5. The Morgan fingerprint density at radius 2 is 1.78 bits per heavy atom. The number of hydrogen-bond acceptors (Lipinski definition) is 6. The number of sulfone groups is 1. The van der Waals surface area contributed by atoms with Gasteiger partial charge in [0.25, 0.3) is 0 Å². The highest BCUT2D eigenvalue weighted by atomic mass is 32.2. The van der Waals surface area contributed by atoms with Crippen LogP contribution in [-0.4, -0.2) is 65.6 Å². The van der Waals surface area contributed by atoms with Gasteiger partial charge >= 0.3 is 0 Å². The summed E-state index contributed by atoms with van der Waals surface area (Å²) in [5.74, 6) is -0.950. The van der Waals surface area contributed by atoms with E-state index >= 15 is 0 Å². The van der Waals surface area contributed by atoms with Crippen LogP contribution in [0.15, 0.2) is 0 Å². The molecule has 18 heavy (non-hydrogen) atoms. The van der Waals surface area contributed by atoms with E-state index in [9.17, 15) is 21.9 Å². The second-order valence-corrected chi connectivity index (χ2v) is 8.70. The zero-order chi connectivity index (χ0) is 14.4. The van der Waals surface area contributed by atoms with Crippen LogP contribution >= 0.6 is 0 Å². The topological polar surface area (TPSA) is 110 Å². The number of methoxy groups -OCH3 is 1. The quantitative estimate of drug-likeness (QED) is 0.550. The van der Waals surface area contributed by atoms with Gasteiger partial charge in [-0.25, -0.2) is 21.6 Å². The van der Waals surface area contributed by atoms with E-state index in [0.717, 1.165) is 6.26 Å². The number of rotatable bonds is 9. The maximum atomic E-state index is 11.5. The van der Waals surface area contributed by atoms with Crippen LogP contribution in [0.2, 0.25) is 0 Å². The number of ether oxygens (including phenoxy) is 1. The zero-order valence-corrected chi connectivity index (χ0v) is 12.5. The Bertz CT molecular complexity index is 440. The first kappa shape index (κ1) is 17.8. The molecule has 0 aromatic rings. The molecule has 0 saturated heterocycles. The molecule has 0 heterocycles. The standard InChI is InChI=1S/C9H21NO6S2/c1-9(11,4-5-16-2)8-10-18(14,15)7-6-17(3,12)13/h10-11H,4-8H2,1-3H3. The highest BCUT2D eigenvalue weighted by molar-refractivity contribution is 7.93. The summed E-state index contributed by atoms with van der Waals surface area (Å²) in [7, 11) is -5.55. The minimum absolute atomic E-state index is 0.178. The fourth-order valence-corrected chi connectivity index (χ4v) is 3.77. The lowest BCUT2D eigenvalue weighted by atomic mass is 10.0. The summed E-state index contributed by atoms with van der Waals surface area (Å²) < 4.78 is 51.7. The number of hydrogen-bond donors (Lipinski definition) is 2. The van der Waals surface area contributed by atoms with E-state index in [4.69, 9.17) is 4.74 Å². The van der Waals surface area contributed by atoms with Crippen LogP contribution < -0.4 is 4.72 Å². The lowest BCUT2D eigenvalue weighted by molar-refractivity contribution is 0.0292. The van der Waals surface area contributed by atoms with E-state index < -0.39 is 37.0 Å². The van der Waals surface area contributed by atoms with Crippen molar-refractivity contribution in [3.8, 4) is 0 Å². The Hall–Kier alpha value is -0.220. The molecule has 7 nitrogen and oxygen atoms in total. The van der Waals surface area contributed by atoms with Crippen molar-refractivity contribution >= 4 is 19.9 Å². The van der Waals surface area contributed by atoms with E-state index in [1.165, 1.54) is 14.0 Å². The van der Waals surface area contributed by atoms with Gasteiger partial charge in [0.15, 0.2) is 0 Å². The van der Waals surface area contributed by atoms with Gasteiger partial charge in [0.1, 0.15) is 9.84 Å². The Balaban J connectivity index is 4.26. The Morgan fingerprint density at radius 3 is 2.22 bits per heavy atom. The van der Waals surface area contributed by atoms with Crippen LogP contribution in [0.4, 0.5) is 0 Å². The molecule has 0 rings (SSSR count). The molecule has 0 spiro atoms. The summed E-state index contributed by atoms with van der Waals surface area (Å²) in [6.45, 7) is 1.60. The van der Waals surface area contributed by atoms with Gasteiger partial charge in [-0.15, -0.1) is 0 Å². The molecule has 1 unspecified atom stereocenters. The summed E-state index contributed by atoms with van der Waals surface area (Å²) >= 11 is 0. The summed E-state index contributed by atoms with van der Waals surface area (Å²) in [5, 5.41) is 9.81. The molecule has 0 aliphatic heterocycles. The van der Waals surface area contributed by atoms with Crippen LogP contribution in [0, 0.1) is 0 Å². The first-order valence-electron chi connectivity index (χ1n) is 5.34. The molecular weight excluding hydrogens is 282 g/mol. The van der Waals surface area contributed by atoms with Crippen molar-refractivity contribution in [3.05, 3.63) is 0 Å². The van der Waals surface area contributed by atoms with Crippen LogP contribution in [0.1, 0.15) is 13.3 Å². The lowest BCUT2D eigenvalue weighted by Crippen LogP contribution is -2.42. The van der Waals surface area contributed by atoms with E-state index in [1.54, 1.807) is 0 Å². The van der Waals surface area contributed by atoms with Crippen LogP contribution in [0.3, 0.4) is 0 Å². The van der Waals surface area contributed by atoms with Crippen molar-refractivity contribution in [2.75, 3.05) is 38.0 Å². The molecule has 0 bridgehead atoms. The summed E-state index contributed by atoms with van der Waals surface area (Å²) in [6.07, 6.45) is 1.25. The third-order valence-corrected chi connectivity index (χ3v) is 4.77. The molecule has 0 aliphatic carbocycles. The van der Waals surface area contributed by atoms with Gasteiger partial charge in [0.2, 0.25) is 10.0 Å². The van der Waals surface area contributed by atoms with E-state index in [1.807, 2.05) is 0 Å². The van der Waals surface area contributed by atoms with Crippen LogP contribution in [-0.2, 0) is 24.6 Å². The number of nitrogens with one attached hydrogen (secondary N) is 1. The lowest BCUT2D eigenvalue weighted by Gasteiger charge is -2.23. The van der Waals surface area contributed by atoms with Crippen LogP contribution in [0.5, 0.6) is 0 Å². The third-order valence-electron chi connectivity index (χ3n) is 2.24. The average molecular weight is 303 g/mol. The average Bonchev–Trinajstić information content (AvgIpc) is 2.21. The van der Waals surface area contributed by atoms with Gasteiger partial charge in [-0.05, 0) is 6.92 Å². The summed E-state index contributed by atoms with van der Waals surface area (Å²) in [5.41, 5.74) is -1.23. The molecule has 0 fully saturated rings. The highest BCUT2D eigenvalue weighted by Gasteiger charge is 2.23. The fourth-order valence-electron chi connectivity index (χ4n) is 1.01. The SMILES string of the molecule is COCCC(C)(O)CNS(=O)(=O)CCS(C)(=O)=O. The normalized spacial score (nSPS) is 16.4. The van der Waals surface area contributed by atoms with Gasteiger partial charge < -0.3 is 9.84 Å². The largest absolute Gasteiger partial charge is 0.389 e. The second kappa shape index (κ2) is 6.80. The molecule has 0 aromatic heterocycles. The minimum atomic E-state index is -3.70. The van der Waals surface area contributed by atoms with Crippen molar-refractivity contribution in [3.63, 3.8) is 0 Å². The zero-order valence-electron chi connectivity index (χ0n) is 10.8. The molecule has 0 radical (unpaired) electrons. The Labute approximate surface area is 109 Å². The monoisotopic (exact) mass is 303 g/mol. The van der Waals surface area contributed by atoms with Gasteiger partial charge in [-0.3, -0.25) is 0 Å². The van der Waals surface area contributed by atoms with E-state index in [0.29, 0.717) is 6.61 Å². The number of aliphatic hydroxyl groups is 1. The summed E-state index contributed by atoms with van der Waals surface area (Å²) in [6, 6.07) is 0. The second-order valence-electron chi connectivity index (χ2n) is 4.51. The molecule has 0 amide bonds. The Morgan fingerprint density at radius 1 is 1.22 bits per heavy atom. The van der Waals surface area contributed by atoms with E-state index in [-0.39, 0.29) is 13.0 Å². The molecule has 0 saturated carbocycles. The van der Waals surface area contributed by atoms with Crippen LogP contribution in [0.25, 0.3) is 0 Å². The molecule has 1 atom stereocenters. The predicted molar refractivity (Wildman–Crippen MR) is 68.6 cm³/mol. The van der Waals surface area contributed by atoms with Gasteiger partial charge in [-0.1, -0.05) is 0 Å². The Kier molecular flexibility index (Phi) is 6.72. The van der Waals surface area contributed by atoms with Crippen molar-refractivity contribution in [1.29, 1.82) is 0 Å². The van der Waals surface area contributed by atoms with Crippen molar-refractivity contribution < 1.29 is 26.7 Å². The van der Waals surface area contributed by atoms with Gasteiger partial charge in [0, 0.05) is 32.9 Å². The van der Waals surface area contributed by atoms with Gasteiger partial charge in [-0.2, -0.15) is 0 Å². The molecule has 0 aromatic carbocycles. The predicted octanol–water partition coefficient (Wildman–Crippen LogP) is -1.26. The fraction of sp³-hybridized carbons (Fsp3) is 1.00. The van der Waals surface area contributed by atoms with Crippen molar-refractivity contribution in [2.24, 2.45) is 0 Å².